The maximum atomic E-state index is 12.3. The first-order chi connectivity index (χ1) is 11.8. The average Bonchev–Trinajstić information content (AvgIpc) is 2.96. The van der Waals surface area contributed by atoms with Crippen LogP contribution in [0.4, 0.5) is 10.6 Å². The maximum absolute atomic E-state index is 12.3. The number of anilines is 1. The Morgan fingerprint density at radius 2 is 2.17 bits per heavy atom. The summed E-state index contributed by atoms with van der Waals surface area (Å²) in [5.41, 5.74) is 0. The monoisotopic (exact) mass is 326 g/mol. The molecule has 126 valence electrons. The largest absolute Gasteiger partial charge is 0.490 e. The summed E-state index contributed by atoms with van der Waals surface area (Å²) in [6, 6.07) is 5.78. The minimum Gasteiger partial charge on any atom is -0.490 e. The molecule has 2 bridgehead atoms. The second-order valence-corrected chi connectivity index (χ2v) is 7.07. The molecule has 1 heterocycles. The molecule has 3 fully saturated rings. The Balaban J connectivity index is 1.31. The lowest BCUT2D eigenvalue weighted by Crippen LogP contribution is -2.34. The number of hydrogen-bond donors (Lipinski definition) is 2. The first-order valence-electron chi connectivity index (χ1n) is 8.80. The highest BCUT2D eigenvalue weighted by Crippen LogP contribution is 2.65. The highest BCUT2D eigenvalue weighted by atomic mass is 16.5. The van der Waals surface area contributed by atoms with Crippen LogP contribution >= 0.6 is 0 Å². The van der Waals surface area contributed by atoms with E-state index in [1.165, 1.54) is 19.3 Å². The van der Waals surface area contributed by atoms with Gasteiger partial charge in [-0.15, -0.1) is 0 Å². The van der Waals surface area contributed by atoms with Crippen molar-refractivity contribution in [3.05, 3.63) is 18.3 Å². The second kappa shape index (κ2) is 6.31. The summed E-state index contributed by atoms with van der Waals surface area (Å²) in [6.45, 7) is 0.436. The number of nitrogens with zero attached hydrogens (tertiary/aromatic N) is 2. The van der Waals surface area contributed by atoms with Crippen molar-refractivity contribution in [2.45, 2.75) is 38.1 Å². The van der Waals surface area contributed by atoms with Crippen molar-refractivity contribution in [2.24, 2.45) is 23.7 Å². The number of fused-ring (bicyclic) bond motifs is 5. The molecule has 0 radical (unpaired) electrons. The van der Waals surface area contributed by atoms with E-state index in [9.17, 15) is 4.79 Å². The number of carbonyl (C=O) groups excluding carboxylic acids is 1. The average molecular weight is 326 g/mol. The van der Waals surface area contributed by atoms with E-state index in [4.69, 9.17) is 10.00 Å². The van der Waals surface area contributed by atoms with Crippen LogP contribution in [0.2, 0.25) is 0 Å². The van der Waals surface area contributed by atoms with Crippen molar-refractivity contribution in [1.82, 2.24) is 10.3 Å². The maximum Gasteiger partial charge on any atom is 0.320 e. The van der Waals surface area contributed by atoms with Crippen molar-refractivity contribution in [1.29, 1.82) is 5.26 Å². The number of ether oxygens (including phenoxy) is 1. The molecule has 6 heteroatoms. The van der Waals surface area contributed by atoms with Crippen molar-refractivity contribution in [2.75, 3.05) is 11.9 Å². The molecule has 3 aliphatic rings. The molecule has 0 aromatic carbocycles. The second-order valence-electron chi connectivity index (χ2n) is 7.07. The molecule has 6 nitrogen and oxygen atoms in total. The standard InChI is InChI=1S/C18H22N4O2/c19-7-1-2-9-24-13-4-3-8-20-17(13)22-18(23)21-16-14-11-5-6-12(10-11)15(14)16/h3-4,8,11-12,14-16H,1-2,5-6,9-10H2,(H2,20,21,22,23)/t11-,12-,14-,15-/m0/s1. The summed E-state index contributed by atoms with van der Waals surface area (Å²) in [5, 5.41) is 14.5. The summed E-state index contributed by atoms with van der Waals surface area (Å²) < 4.78 is 5.62. The number of amides is 2. The van der Waals surface area contributed by atoms with Gasteiger partial charge in [-0.3, -0.25) is 5.32 Å². The number of urea groups is 1. The third-order valence-corrected chi connectivity index (χ3v) is 5.73. The Hall–Kier alpha value is -2.29. The van der Waals surface area contributed by atoms with Crippen LogP contribution in [-0.4, -0.2) is 23.7 Å². The molecule has 0 saturated heterocycles. The summed E-state index contributed by atoms with van der Waals surface area (Å²) in [4.78, 5) is 16.5. The van der Waals surface area contributed by atoms with Gasteiger partial charge in [-0.25, -0.2) is 9.78 Å². The molecular weight excluding hydrogens is 304 g/mol. The molecule has 4 atom stereocenters. The zero-order valence-electron chi connectivity index (χ0n) is 13.6. The predicted molar refractivity (Wildman–Crippen MR) is 88.3 cm³/mol. The van der Waals surface area contributed by atoms with Crippen molar-refractivity contribution >= 4 is 11.8 Å². The van der Waals surface area contributed by atoms with Crippen molar-refractivity contribution in [3.8, 4) is 11.8 Å². The fourth-order valence-electron chi connectivity index (χ4n) is 4.75. The van der Waals surface area contributed by atoms with Gasteiger partial charge in [0.05, 0.1) is 12.7 Å². The molecule has 24 heavy (non-hydrogen) atoms. The molecule has 1 aromatic heterocycles. The van der Waals surface area contributed by atoms with Gasteiger partial charge in [0.2, 0.25) is 0 Å². The Kier molecular flexibility index (Phi) is 4.01. The topological polar surface area (TPSA) is 87.0 Å². The number of rotatable bonds is 6. The number of hydrogen-bond acceptors (Lipinski definition) is 4. The van der Waals surface area contributed by atoms with Gasteiger partial charge in [-0.1, -0.05) is 0 Å². The number of unbranched alkanes of at least 4 members (excludes halogenated alkanes) is 1. The van der Waals surface area contributed by atoms with Crippen LogP contribution in [0.3, 0.4) is 0 Å². The van der Waals surface area contributed by atoms with Crippen LogP contribution in [0.1, 0.15) is 32.1 Å². The molecule has 0 spiro atoms. The summed E-state index contributed by atoms with van der Waals surface area (Å²) in [5.74, 6) is 4.06. The van der Waals surface area contributed by atoms with Gasteiger partial charge >= 0.3 is 6.03 Å². The van der Waals surface area contributed by atoms with Gasteiger partial charge in [0.1, 0.15) is 0 Å². The van der Waals surface area contributed by atoms with Gasteiger partial charge in [-0.2, -0.15) is 5.26 Å². The highest BCUT2D eigenvalue weighted by Gasteiger charge is 2.65. The molecule has 4 rings (SSSR count). The van der Waals surface area contributed by atoms with Crippen LogP contribution in [0.25, 0.3) is 0 Å². The third kappa shape index (κ3) is 2.79. The van der Waals surface area contributed by atoms with E-state index in [1.54, 1.807) is 18.3 Å². The molecule has 3 saturated carbocycles. The van der Waals surface area contributed by atoms with Crippen LogP contribution in [0.5, 0.6) is 5.75 Å². The van der Waals surface area contributed by atoms with Crippen molar-refractivity contribution in [3.63, 3.8) is 0 Å². The lowest BCUT2D eigenvalue weighted by atomic mass is 10.0. The molecule has 1 aromatic rings. The number of nitriles is 1. The summed E-state index contributed by atoms with van der Waals surface area (Å²) >= 11 is 0. The Morgan fingerprint density at radius 3 is 2.92 bits per heavy atom. The van der Waals surface area contributed by atoms with Crippen molar-refractivity contribution < 1.29 is 9.53 Å². The summed E-state index contributed by atoms with van der Waals surface area (Å²) in [7, 11) is 0. The fourth-order valence-corrected chi connectivity index (χ4v) is 4.75. The van der Waals surface area contributed by atoms with Gasteiger partial charge in [0.15, 0.2) is 11.6 Å². The zero-order chi connectivity index (χ0) is 16.5. The van der Waals surface area contributed by atoms with E-state index < -0.39 is 0 Å². The van der Waals surface area contributed by atoms with E-state index in [2.05, 4.69) is 21.7 Å². The molecular formula is C18H22N4O2. The minimum absolute atomic E-state index is 0.200. The Bertz CT molecular complexity index is 655. The first kappa shape index (κ1) is 15.3. The van der Waals surface area contributed by atoms with Gasteiger partial charge in [-0.05, 0) is 61.5 Å². The predicted octanol–water partition coefficient (Wildman–Crippen LogP) is 2.93. The number of carbonyl (C=O) groups is 1. The third-order valence-electron chi connectivity index (χ3n) is 5.73. The van der Waals surface area contributed by atoms with Gasteiger partial charge in [0, 0.05) is 18.7 Å². The van der Waals surface area contributed by atoms with E-state index in [1.807, 2.05) is 0 Å². The molecule has 3 aliphatic carbocycles. The van der Waals surface area contributed by atoms with Crippen LogP contribution in [-0.2, 0) is 0 Å². The Morgan fingerprint density at radius 1 is 1.38 bits per heavy atom. The molecule has 2 N–H and O–H groups in total. The number of aromatic nitrogens is 1. The minimum atomic E-state index is -0.200. The Labute approximate surface area is 141 Å². The smallest absolute Gasteiger partial charge is 0.320 e. The fraction of sp³-hybridized carbons (Fsp3) is 0.611. The number of pyridine rings is 1. The van der Waals surface area contributed by atoms with E-state index in [0.717, 1.165) is 11.8 Å². The van der Waals surface area contributed by atoms with E-state index in [-0.39, 0.29) is 6.03 Å². The lowest BCUT2D eigenvalue weighted by molar-refractivity contribution is 0.249. The van der Waals surface area contributed by atoms with E-state index >= 15 is 0 Å². The van der Waals surface area contributed by atoms with Gasteiger partial charge in [0.25, 0.3) is 0 Å². The van der Waals surface area contributed by atoms with Gasteiger partial charge < -0.3 is 10.1 Å². The molecule has 0 aliphatic heterocycles. The lowest BCUT2D eigenvalue weighted by Gasteiger charge is -2.13. The summed E-state index contributed by atoms with van der Waals surface area (Å²) in [6.07, 6.45) is 6.79. The molecule has 0 unspecified atom stereocenters. The van der Waals surface area contributed by atoms with Crippen LogP contribution < -0.4 is 15.4 Å². The van der Waals surface area contributed by atoms with Crippen LogP contribution in [0, 0.1) is 35.0 Å². The number of nitrogens with one attached hydrogen (secondary N) is 2. The highest BCUT2D eigenvalue weighted by molar-refractivity contribution is 5.90. The zero-order valence-corrected chi connectivity index (χ0v) is 13.6. The van der Waals surface area contributed by atoms with E-state index in [0.29, 0.717) is 48.9 Å². The van der Waals surface area contributed by atoms with Crippen LogP contribution in [0.15, 0.2) is 18.3 Å². The quantitative estimate of drug-likeness (QED) is 0.787. The SMILES string of the molecule is N#CCCCOc1cccnc1NC(=O)NC1[C@H]2[C@H]3CC[C@@H](C3)[C@H]12. The molecule has 2 amide bonds. The normalized spacial score (nSPS) is 31.9. The first-order valence-corrected chi connectivity index (χ1v) is 8.80.